The molecule has 0 amide bonds. The summed E-state index contributed by atoms with van der Waals surface area (Å²) in [5.74, 6) is 1.53. The van der Waals surface area contributed by atoms with Crippen molar-refractivity contribution in [3.05, 3.63) is 48.9 Å². The number of benzene rings is 1. The summed E-state index contributed by atoms with van der Waals surface area (Å²) in [6.07, 6.45) is 3.65. The Hall–Kier alpha value is -2.36. The van der Waals surface area contributed by atoms with Crippen LogP contribution < -0.4 is 4.74 Å². The van der Waals surface area contributed by atoms with E-state index in [0.29, 0.717) is 0 Å². The maximum Gasteiger partial charge on any atom is 0.181 e. The van der Waals surface area contributed by atoms with E-state index in [9.17, 15) is 0 Å². The minimum absolute atomic E-state index is 0.109. The van der Waals surface area contributed by atoms with Crippen LogP contribution in [0.25, 0.3) is 16.9 Å². The predicted octanol–water partition coefficient (Wildman–Crippen LogP) is 3.21. The second kappa shape index (κ2) is 4.72. The summed E-state index contributed by atoms with van der Waals surface area (Å²) >= 11 is 0. The van der Waals surface area contributed by atoms with Gasteiger partial charge in [0.05, 0.1) is 17.1 Å². The average Bonchev–Trinajstić information content (AvgIpc) is 2.82. The fourth-order valence-electron chi connectivity index (χ4n) is 2.04. The molecule has 4 nitrogen and oxygen atoms in total. The molecular formula is C15H15N3O. The van der Waals surface area contributed by atoms with Gasteiger partial charge < -0.3 is 4.74 Å². The van der Waals surface area contributed by atoms with Crippen LogP contribution in [0.4, 0.5) is 0 Å². The van der Waals surface area contributed by atoms with Crippen LogP contribution >= 0.6 is 0 Å². The smallest absolute Gasteiger partial charge is 0.181 e. The fraction of sp³-hybridized carbons (Fsp3) is 0.200. The van der Waals surface area contributed by atoms with E-state index >= 15 is 0 Å². The van der Waals surface area contributed by atoms with Crippen LogP contribution in [0.5, 0.6) is 5.75 Å². The van der Waals surface area contributed by atoms with Gasteiger partial charge in [-0.3, -0.25) is 4.57 Å². The van der Waals surface area contributed by atoms with Gasteiger partial charge in [-0.1, -0.05) is 12.1 Å². The molecule has 0 saturated carbocycles. The van der Waals surface area contributed by atoms with Crippen LogP contribution in [-0.4, -0.2) is 20.6 Å². The molecule has 2 heterocycles. The summed E-state index contributed by atoms with van der Waals surface area (Å²) in [7, 11) is 0. The minimum atomic E-state index is 0.109. The lowest BCUT2D eigenvalue weighted by molar-refractivity contribution is 0.241. The minimum Gasteiger partial charge on any atom is -0.487 e. The summed E-state index contributed by atoms with van der Waals surface area (Å²) in [6.45, 7) is 4.01. The van der Waals surface area contributed by atoms with Crippen LogP contribution in [0, 0.1) is 0 Å². The van der Waals surface area contributed by atoms with Gasteiger partial charge >= 0.3 is 0 Å². The van der Waals surface area contributed by atoms with E-state index in [-0.39, 0.29) is 6.10 Å². The number of aromatic nitrogens is 3. The molecule has 0 radical (unpaired) electrons. The monoisotopic (exact) mass is 253 g/mol. The molecule has 0 aliphatic heterocycles. The highest BCUT2D eigenvalue weighted by Gasteiger charge is 2.11. The lowest BCUT2D eigenvalue weighted by Gasteiger charge is -2.13. The first kappa shape index (κ1) is 11.7. The Morgan fingerprint density at radius 1 is 1.05 bits per heavy atom. The van der Waals surface area contributed by atoms with E-state index in [0.717, 1.165) is 22.6 Å². The first-order chi connectivity index (χ1) is 9.25. The van der Waals surface area contributed by atoms with Crippen molar-refractivity contribution in [3.8, 4) is 11.6 Å². The van der Waals surface area contributed by atoms with Crippen molar-refractivity contribution in [1.29, 1.82) is 0 Å². The largest absolute Gasteiger partial charge is 0.487 e. The van der Waals surface area contributed by atoms with Crippen molar-refractivity contribution in [2.45, 2.75) is 20.0 Å². The Kier molecular flexibility index (Phi) is 2.91. The molecule has 3 aromatic rings. The number of nitrogens with zero attached hydrogens (tertiary/aromatic N) is 3. The van der Waals surface area contributed by atoms with E-state index in [2.05, 4.69) is 9.97 Å². The van der Waals surface area contributed by atoms with Crippen molar-refractivity contribution in [2.75, 3.05) is 0 Å². The summed E-state index contributed by atoms with van der Waals surface area (Å²) in [4.78, 5) is 8.81. The first-order valence-corrected chi connectivity index (χ1v) is 6.30. The van der Waals surface area contributed by atoms with Gasteiger partial charge in [-0.05, 0) is 38.1 Å². The van der Waals surface area contributed by atoms with Gasteiger partial charge in [0, 0.05) is 6.20 Å². The lowest BCUT2D eigenvalue weighted by atomic mass is 10.3. The molecule has 96 valence electrons. The number of hydrogen-bond acceptors (Lipinski definition) is 3. The molecule has 0 spiro atoms. The van der Waals surface area contributed by atoms with E-state index in [1.54, 1.807) is 12.5 Å². The standard InChI is InChI=1S/C15H15N3O/c1-11(2)19-14-8-5-9-16-15(14)18-10-17-12-6-3-4-7-13(12)18/h3-11H,1-2H3. The predicted molar refractivity (Wildman–Crippen MR) is 74.6 cm³/mol. The fourth-order valence-corrected chi connectivity index (χ4v) is 2.04. The van der Waals surface area contributed by atoms with Crippen LogP contribution in [0.3, 0.4) is 0 Å². The quantitative estimate of drug-likeness (QED) is 0.719. The molecule has 0 unspecified atom stereocenters. The Morgan fingerprint density at radius 2 is 1.89 bits per heavy atom. The maximum absolute atomic E-state index is 5.81. The van der Waals surface area contributed by atoms with Crippen molar-refractivity contribution in [2.24, 2.45) is 0 Å². The molecule has 0 saturated heterocycles. The van der Waals surface area contributed by atoms with E-state index in [1.807, 2.05) is 54.8 Å². The van der Waals surface area contributed by atoms with E-state index in [1.165, 1.54) is 0 Å². The Balaban J connectivity index is 2.16. The first-order valence-electron chi connectivity index (χ1n) is 6.30. The van der Waals surface area contributed by atoms with Gasteiger partial charge in [0.25, 0.3) is 0 Å². The highest BCUT2D eigenvalue weighted by atomic mass is 16.5. The van der Waals surface area contributed by atoms with Gasteiger partial charge in [-0.25, -0.2) is 9.97 Å². The number of hydrogen-bond donors (Lipinski definition) is 0. The molecule has 4 heteroatoms. The molecule has 0 aliphatic carbocycles. The SMILES string of the molecule is CC(C)Oc1cccnc1-n1cnc2ccccc21. The second-order valence-corrected chi connectivity index (χ2v) is 4.60. The number of para-hydroxylation sites is 2. The Morgan fingerprint density at radius 3 is 2.74 bits per heavy atom. The number of fused-ring (bicyclic) bond motifs is 1. The molecule has 0 aliphatic rings. The van der Waals surface area contributed by atoms with Crippen LogP contribution in [0.15, 0.2) is 48.9 Å². The van der Waals surface area contributed by atoms with Gasteiger partial charge in [0.2, 0.25) is 0 Å². The highest BCUT2D eigenvalue weighted by molar-refractivity contribution is 5.77. The van der Waals surface area contributed by atoms with Gasteiger partial charge in [-0.15, -0.1) is 0 Å². The molecular weight excluding hydrogens is 238 g/mol. The summed E-state index contributed by atoms with van der Waals surface area (Å²) < 4.78 is 7.76. The third-order valence-corrected chi connectivity index (χ3v) is 2.80. The van der Waals surface area contributed by atoms with Gasteiger partial charge in [0.1, 0.15) is 6.33 Å². The average molecular weight is 253 g/mol. The lowest BCUT2D eigenvalue weighted by Crippen LogP contribution is -2.09. The van der Waals surface area contributed by atoms with Crippen LogP contribution in [0.2, 0.25) is 0 Å². The summed E-state index contributed by atoms with van der Waals surface area (Å²) in [5.41, 5.74) is 1.97. The molecule has 0 N–H and O–H groups in total. The van der Waals surface area contributed by atoms with Crippen LogP contribution in [0.1, 0.15) is 13.8 Å². The topological polar surface area (TPSA) is 39.9 Å². The molecule has 3 rings (SSSR count). The van der Waals surface area contributed by atoms with Gasteiger partial charge in [-0.2, -0.15) is 0 Å². The summed E-state index contributed by atoms with van der Waals surface area (Å²) in [6, 6.07) is 11.8. The zero-order chi connectivity index (χ0) is 13.2. The highest BCUT2D eigenvalue weighted by Crippen LogP contribution is 2.24. The molecule has 0 bridgehead atoms. The summed E-state index contributed by atoms with van der Waals surface area (Å²) in [5, 5.41) is 0. The second-order valence-electron chi connectivity index (χ2n) is 4.60. The molecule has 2 aromatic heterocycles. The van der Waals surface area contributed by atoms with Gasteiger partial charge in [0.15, 0.2) is 11.6 Å². The zero-order valence-electron chi connectivity index (χ0n) is 10.9. The van der Waals surface area contributed by atoms with Crippen LogP contribution in [-0.2, 0) is 0 Å². The van der Waals surface area contributed by atoms with Crippen molar-refractivity contribution < 1.29 is 4.74 Å². The third kappa shape index (κ3) is 2.17. The normalized spacial score (nSPS) is 11.1. The molecule has 1 aromatic carbocycles. The van der Waals surface area contributed by atoms with Crippen molar-refractivity contribution in [3.63, 3.8) is 0 Å². The number of pyridine rings is 1. The van der Waals surface area contributed by atoms with Crippen molar-refractivity contribution >= 4 is 11.0 Å². The molecule has 0 fully saturated rings. The molecule has 19 heavy (non-hydrogen) atoms. The Labute approximate surface area is 111 Å². The number of ether oxygens (including phenoxy) is 1. The maximum atomic E-state index is 5.81. The zero-order valence-corrected chi connectivity index (χ0v) is 10.9. The van der Waals surface area contributed by atoms with E-state index in [4.69, 9.17) is 4.74 Å². The van der Waals surface area contributed by atoms with Crippen molar-refractivity contribution in [1.82, 2.24) is 14.5 Å². The van der Waals surface area contributed by atoms with E-state index < -0.39 is 0 Å². The number of rotatable bonds is 3. The Bertz CT molecular complexity index is 703. The molecule has 0 atom stereocenters. The number of imidazole rings is 1. The third-order valence-electron chi connectivity index (χ3n) is 2.80.